The van der Waals surface area contributed by atoms with Crippen molar-refractivity contribution in [3.63, 3.8) is 0 Å². The summed E-state index contributed by atoms with van der Waals surface area (Å²) in [6.07, 6.45) is 3.73. The Labute approximate surface area is 136 Å². The third kappa shape index (κ3) is 2.08. The van der Waals surface area contributed by atoms with Gasteiger partial charge >= 0.3 is 0 Å². The molecule has 1 aromatic carbocycles. The van der Waals surface area contributed by atoms with Crippen LogP contribution in [0.4, 0.5) is 5.82 Å². The SMILES string of the molecule is Cc1cc(N2CCCCC2C)n2c(nc3ccccc32)c1C#N. The minimum Gasteiger partial charge on any atom is -0.355 e. The number of para-hydroxylation sites is 2. The first-order valence-electron chi connectivity index (χ1n) is 8.28. The monoisotopic (exact) mass is 304 g/mol. The van der Waals surface area contributed by atoms with E-state index in [0.717, 1.165) is 34.6 Å². The molecule has 1 saturated heterocycles. The van der Waals surface area contributed by atoms with Crippen molar-refractivity contribution in [3.05, 3.63) is 41.5 Å². The van der Waals surface area contributed by atoms with Crippen LogP contribution in [0, 0.1) is 18.3 Å². The number of pyridine rings is 1. The van der Waals surface area contributed by atoms with Crippen molar-refractivity contribution in [3.8, 4) is 6.07 Å². The number of hydrogen-bond donors (Lipinski definition) is 0. The fraction of sp³-hybridized carbons (Fsp3) is 0.368. The first-order chi connectivity index (χ1) is 11.2. The van der Waals surface area contributed by atoms with E-state index in [1.165, 1.54) is 19.3 Å². The van der Waals surface area contributed by atoms with Gasteiger partial charge in [-0.2, -0.15) is 5.26 Å². The van der Waals surface area contributed by atoms with Gasteiger partial charge in [0.2, 0.25) is 0 Å². The Morgan fingerprint density at radius 2 is 2.09 bits per heavy atom. The number of hydrogen-bond acceptors (Lipinski definition) is 3. The van der Waals surface area contributed by atoms with E-state index in [1.807, 2.05) is 25.1 Å². The van der Waals surface area contributed by atoms with E-state index in [1.54, 1.807) is 0 Å². The maximum atomic E-state index is 9.58. The fourth-order valence-electron chi connectivity index (χ4n) is 3.72. The highest BCUT2D eigenvalue weighted by atomic mass is 15.3. The van der Waals surface area contributed by atoms with Crippen molar-refractivity contribution in [2.75, 3.05) is 11.4 Å². The quantitative estimate of drug-likeness (QED) is 0.681. The topological polar surface area (TPSA) is 44.3 Å². The zero-order valence-electron chi connectivity index (χ0n) is 13.6. The summed E-state index contributed by atoms with van der Waals surface area (Å²) in [4.78, 5) is 7.21. The van der Waals surface area contributed by atoms with Crippen LogP contribution in [0.15, 0.2) is 30.3 Å². The molecule has 3 aromatic rings. The molecular formula is C19H20N4. The average Bonchev–Trinajstić information content (AvgIpc) is 2.94. The predicted octanol–water partition coefficient (Wildman–Crippen LogP) is 4.05. The molecule has 2 aromatic heterocycles. The van der Waals surface area contributed by atoms with E-state index < -0.39 is 0 Å². The normalized spacial score (nSPS) is 18.5. The highest BCUT2D eigenvalue weighted by Crippen LogP contribution is 2.31. The van der Waals surface area contributed by atoms with Crippen LogP contribution >= 0.6 is 0 Å². The Morgan fingerprint density at radius 3 is 2.87 bits per heavy atom. The highest BCUT2D eigenvalue weighted by molar-refractivity contribution is 5.85. The van der Waals surface area contributed by atoms with Crippen LogP contribution < -0.4 is 4.90 Å². The van der Waals surface area contributed by atoms with Gasteiger partial charge in [-0.05, 0) is 56.9 Å². The molecule has 1 aliphatic heterocycles. The summed E-state index contributed by atoms with van der Waals surface area (Å²) in [7, 11) is 0. The molecule has 0 aliphatic carbocycles. The second kappa shape index (κ2) is 5.27. The number of fused-ring (bicyclic) bond motifs is 3. The van der Waals surface area contributed by atoms with Gasteiger partial charge < -0.3 is 4.90 Å². The largest absolute Gasteiger partial charge is 0.355 e. The van der Waals surface area contributed by atoms with Gasteiger partial charge in [0.1, 0.15) is 11.9 Å². The first-order valence-corrected chi connectivity index (χ1v) is 8.28. The second-order valence-corrected chi connectivity index (χ2v) is 6.47. The molecule has 116 valence electrons. The molecule has 0 bridgehead atoms. The Kier molecular flexibility index (Phi) is 3.23. The lowest BCUT2D eigenvalue weighted by Crippen LogP contribution is -2.38. The number of rotatable bonds is 1. The van der Waals surface area contributed by atoms with Crippen molar-refractivity contribution in [2.24, 2.45) is 0 Å². The minimum atomic E-state index is 0.514. The molecule has 1 unspecified atom stereocenters. The van der Waals surface area contributed by atoms with Gasteiger partial charge in [0.15, 0.2) is 5.65 Å². The van der Waals surface area contributed by atoms with Crippen LogP contribution in [0.25, 0.3) is 16.7 Å². The lowest BCUT2D eigenvalue weighted by Gasteiger charge is -2.36. The third-order valence-electron chi connectivity index (χ3n) is 4.96. The molecule has 0 radical (unpaired) electrons. The van der Waals surface area contributed by atoms with Crippen molar-refractivity contribution in [1.29, 1.82) is 5.26 Å². The van der Waals surface area contributed by atoms with Crippen LogP contribution in [0.1, 0.15) is 37.3 Å². The average molecular weight is 304 g/mol. The van der Waals surface area contributed by atoms with Gasteiger partial charge in [0, 0.05) is 12.6 Å². The van der Waals surface area contributed by atoms with Crippen molar-refractivity contribution in [1.82, 2.24) is 9.38 Å². The summed E-state index contributed by atoms with van der Waals surface area (Å²) in [6, 6.07) is 13.1. The van der Waals surface area contributed by atoms with Crippen LogP contribution in [-0.4, -0.2) is 22.0 Å². The van der Waals surface area contributed by atoms with Crippen molar-refractivity contribution < 1.29 is 0 Å². The minimum absolute atomic E-state index is 0.514. The van der Waals surface area contributed by atoms with Gasteiger partial charge in [-0.3, -0.25) is 4.40 Å². The van der Waals surface area contributed by atoms with Crippen molar-refractivity contribution in [2.45, 2.75) is 39.2 Å². The number of piperidine rings is 1. The van der Waals surface area contributed by atoms with E-state index >= 15 is 0 Å². The Balaban J connectivity index is 2.09. The molecule has 0 spiro atoms. The number of imidazole rings is 1. The van der Waals surface area contributed by atoms with Gasteiger partial charge in [0.05, 0.1) is 16.6 Å². The fourth-order valence-corrected chi connectivity index (χ4v) is 3.72. The predicted molar refractivity (Wildman–Crippen MR) is 92.8 cm³/mol. The summed E-state index contributed by atoms with van der Waals surface area (Å²) in [5, 5.41) is 9.58. The molecule has 0 amide bonds. The van der Waals surface area contributed by atoms with E-state index in [9.17, 15) is 5.26 Å². The van der Waals surface area contributed by atoms with Gasteiger partial charge in [-0.1, -0.05) is 12.1 Å². The number of anilines is 1. The van der Waals surface area contributed by atoms with E-state index in [0.29, 0.717) is 11.6 Å². The number of nitrogens with zero attached hydrogens (tertiary/aromatic N) is 4. The molecule has 4 nitrogen and oxygen atoms in total. The van der Waals surface area contributed by atoms with Gasteiger partial charge in [-0.25, -0.2) is 4.98 Å². The highest BCUT2D eigenvalue weighted by Gasteiger charge is 2.23. The Morgan fingerprint density at radius 1 is 1.26 bits per heavy atom. The molecule has 4 rings (SSSR count). The zero-order chi connectivity index (χ0) is 16.0. The lowest BCUT2D eigenvalue weighted by molar-refractivity contribution is 0.480. The Bertz CT molecular complexity index is 932. The molecule has 3 heterocycles. The van der Waals surface area contributed by atoms with E-state index in [-0.39, 0.29) is 0 Å². The summed E-state index contributed by atoms with van der Waals surface area (Å²) in [5.74, 6) is 1.16. The molecule has 0 N–H and O–H groups in total. The summed E-state index contributed by atoms with van der Waals surface area (Å²) >= 11 is 0. The maximum Gasteiger partial charge on any atom is 0.157 e. The molecule has 1 fully saturated rings. The maximum absolute atomic E-state index is 9.58. The van der Waals surface area contributed by atoms with Gasteiger partial charge in [0.25, 0.3) is 0 Å². The molecule has 1 aliphatic rings. The molecule has 1 atom stereocenters. The molecule has 4 heteroatoms. The van der Waals surface area contributed by atoms with Crippen LogP contribution in [0.3, 0.4) is 0 Å². The van der Waals surface area contributed by atoms with Crippen molar-refractivity contribution >= 4 is 22.5 Å². The number of aromatic nitrogens is 2. The molecular weight excluding hydrogens is 284 g/mol. The third-order valence-corrected chi connectivity index (χ3v) is 4.96. The summed E-state index contributed by atoms with van der Waals surface area (Å²) < 4.78 is 2.17. The van der Waals surface area contributed by atoms with Crippen LogP contribution in [0.5, 0.6) is 0 Å². The first kappa shape index (κ1) is 14.1. The number of benzene rings is 1. The van der Waals surface area contributed by atoms with E-state index in [4.69, 9.17) is 4.98 Å². The standard InChI is InChI=1S/C19H20N4/c1-13-11-18(22-10-6-5-7-14(22)2)23-17-9-4-3-8-16(17)21-19(23)15(13)12-20/h3-4,8-9,11,14H,5-7,10H2,1-2H3. The van der Waals surface area contributed by atoms with Crippen LogP contribution in [0.2, 0.25) is 0 Å². The smallest absolute Gasteiger partial charge is 0.157 e. The van der Waals surface area contributed by atoms with Crippen LogP contribution in [-0.2, 0) is 0 Å². The Hall–Kier alpha value is -2.54. The molecule has 23 heavy (non-hydrogen) atoms. The van der Waals surface area contributed by atoms with E-state index in [2.05, 4.69) is 34.4 Å². The summed E-state index contributed by atoms with van der Waals surface area (Å²) in [6.45, 7) is 5.36. The molecule has 0 saturated carbocycles. The lowest BCUT2D eigenvalue weighted by atomic mass is 10.0. The van der Waals surface area contributed by atoms with Gasteiger partial charge in [-0.15, -0.1) is 0 Å². The number of aryl methyl sites for hydroxylation is 1. The summed E-state index contributed by atoms with van der Waals surface area (Å²) in [5.41, 5.74) is 4.48. The second-order valence-electron chi connectivity index (χ2n) is 6.47. The number of nitriles is 1. The zero-order valence-corrected chi connectivity index (χ0v) is 13.6.